The summed E-state index contributed by atoms with van der Waals surface area (Å²) in [4.78, 5) is 11.5. The van der Waals surface area contributed by atoms with Crippen LogP contribution in [0.15, 0.2) is 30.3 Å². The fraction of sp³-hybridized carbons (Fsp3) is 0.167. The normalized spacial score (nSPS) is 11.4. The zero-order valence-corrected chi connectivity index (χ0v) is 10.3. The van der Waals surface area contributed by atoms with Crippen LogP contribution in [-0.2, 0) is 10.9 Å². The highest BCUT2D eigenvalue weighted by atomic mass is 19.4. The van der Waals surface area contributed by atoms with E-state index >= 15 is 0 Å². The largest absolute Gasteiger partial charge is 0.465 e. The maximum absolute atomic E-state index is 12.9. The molecule has 0 saturated carbocycles. The molecule has 0 bridgehead atoms. The molecule has 0 fully saturated rings. The van der Waals surface area contributed by atoms with E-state index in [1.807, 2.05) is 0 Å². The van der Waals surface area contributed by atoms with Gasteiger partial charge in [-0.2, -0.15) is 18.3 Å². The van der Waals surface area contributed by atoms with Crippen molar-refractivity contribution in [2.24, 2.45) is 0 Å². The summed E-state index contributed by atoms with van der Waals surface area (Å²) in [5.41, 5.74) is 3.76. The van der Waals surface area contributed by atoms with Crippen LogP contribution in [0.4, 0.5) is 19.0 Å². The van der Waals surface area contributed by atoms with Gasteiger partial charge in [-0.3, -0.25) is 0 Å². The Morgan fingerprint density at radius 3 is 2.40 bits per heavy atom. The molecule has 0 unspecified atom stereocenters. The second kappa shape index (κ2) is 4.87. The van der Waals surface area contributed by atoms with Crippen molar-refractivity contribution in [1.29, 1.82) is 0 Å². The molecule has 0 radical (unpaired) electrons. The summed E-state index contributed by atoms with van der Waals surface area (Å²) in [6, 6.07) is 7.95. The van der Waals surface area contributed by atoms with Crippen LogP contribution < -0.4 is 5.73 Å². The maximum Gasteiger partial charge on any atom is 0.436 e. The summed E-state index contributed by atoms with van der Waals surface area (Å²) in [6.07, 6.45) is -4.81. The first-order chi connectivity index (χ1) is 9.36. The van der Waals surface area contributed by atoms with E-state index < -0.39 is 29.2 Å². The summed E-state index contributed by atoms with van der Waals surface area (Å²) >= 11 is 0. The summed E-state index contributed by atoms with van der Waals surface area (Å²) in [5.74, 6) is -1.60. The Balaban J connectivity index is 2.68. The second-order valence-electron chi connectivity index (χ2n) is 3.85. The van der Waals surface area contributed by atoms with Gasteiger partial charge in [-0.05, 0) is 12.1 Å². The lowest BCUT2D eigenvalue weighted by molar-refractivity contribution is -0.141. The Morgan fingerprint density at radius 2 is 1.90 bits per heavy atom. The first-order valence-electron chi connectivity index (χ1n) is 5.45. The predicted octanol–water partition coefficient (Wildman–Crippen LogP) is 2.26. The number of aromatic nitrogens is 2. The average molecular weight is 285 g/mol. The van der Waals surface area contributed by atoms with E-state index in [4.69, 9.17) is 5.73 Å². The van der Waals surface area contributed by atoms with Crippen molar-refractivity contribution >= 4 is 11.8 Å². The average Bonchev–Trinajstić information content (AvgIpc) is 2.76. The number of carbonyl (C=O) groups excluding carboxylic acids is 1. The number of rotatable bonds is 2. The third-order valence-corrected chi connectivity index (χ3v) is 2.58. The van der Waals surface area contributed by atoms with Gasteiger partial charge in [0.15, 0.2) is 5.69 Å². The molecule has 20 heavy (non-hydrogen) atoms. The lowest BCUT2D eigenvalue weighted by Gasteiger charge is -2.04. The first kappa shape index (κ1) is 13.9. The minimum atomic E-state index is -4.81. The number of nitrogens with zero attached hydrogens (tertiary/aromatic N) is 2. The fourth-order valence-corrected chi connectivity index (χ4v) is 1.70. The number of halogens is 3. The van der Waals surface area contributed by atoms with E-state index in [9.17, 15) is 18.0 Å². The van der Waals surface area contributed by atoms with Gasteiger partial charge in [-0.15, -0.1) is 0 Å². The number of para-hydroxylation sites is 1. The molecule has 5 nitrogen and oxygen atoms in total. The smallest absolute Gasteiger partial charge is 0.436 e. The molecule has 1 heterocycles. The quantitative estimate of drug-likeness (QED) is 0.859. The van der Waals surface area contributed by atoms with E-state index in [0.717, 1.165) is 11.8 Å². The molecule has 106 valence electrons. The van der Waals surface area contributed by atoms with E-state index in [2.05, 4.69) is 9.84 Å². The molecule has 1 aromatic heterocycles. The zero-order chi connectivity index (χ0) is 14.9. The van der Waals surface area contributed by atoms with Gasteiger partial charge in [0.2, 0.25) is 0 Å². The number of benzene rings is 1. The van der Waals surface area contributed by atoms with Crippen molar-refractivity contribution in [1.82, 2.24) is 9.78 Å². The van der Waals surface area contributed by atoms with Crippen LogP contribution in [0.2, 0.25) is 0 Å². The molecule has 8 heteroatoms. The van der Waals surface area contributed by atoms with E-state index in [1.165, 1.54) is 12.1 Å². The molecule has 2 rings (SSSR count). The zero-order valence-electron chi connectivity index (χ0n) is 10.3. The molecule has 1 aromatic carbocycles. The van der Waals surface area contributed by atoms with Crippen LogP contribution >= 0.6 is 0 Å². The number of alkyl halides is 3. The van der Waals surface area contributed by atoms with Crippen molar-refractivity contribution in [3.8, 4) is 5.69 Å². The number of methoxy groups -OCH3 is 1. The monoisotopic (exact) mass is 285 g/mol. The molecule has 0 saturated heterocycles. The number of esters is 1. The fourth-order valence-electron chi connectivity index (χ4n) is 1.70. The van der Waals surface area contributed by atoms with Gasteiger partial charge in [-0.1, -0.05) is 18.2 Å². The number of carbonyl (C=O) groups is 1. The maximum atomic E-state index is 12.9. The number of anilines is 1. The lowest BCUT2D eigenvalue weighted by Crippen LogP contribution is -2.14. The van der Waals surface area contributed by atoms with E-state index in [1.54, 1.807) is 18.2 Å². The minimum absolute atomic E-state index is 0.311. The second-order valence-corrected chi connectivity index (χ2v) is 3.85. The summed E-state index contributed by atoms with van der Waals surface area (Å²) in [6.45, 7) is 0. The van der Waals surface area contributed by atoms with Crippen molar-refractivity contribution in [3.05, 3.63) is 41.6 Å². The van der Waals surface area contributed by atoms with Gasteiger partial charge in [0.25, 0.3) is 0 Å². The predicted molar refractivity (Wildman–Crippen MR) is 64.3 cm³/mol. The molecule has 2 aromatic rings. The Kier molecular flexibility index (Phi) is 3.39. The van der Waals surface area contributed by atoms with E-state index in [0.29, 0.717) is 5.69 Å². The molecule has 0 aliphatic heterocycles. The highest BCUT2D eigenvalue weighted by Gasteiger charge is 2.41. The van der Waals surface area contributed by atoms with Gasteiger partial charge >= 0.3 is 12.1 Å². The van der Waals surface area contributed by atoms with Gasteiger partial charge in [0.05, 0.1) is 12.8 Å². The van der Waals surface area contributed by atoms with Crippen LogP contribution in [0, 0.1) is 0 Å². The van der Waals surface area contributed by atoms with Gasteiger partial charge in [0, 0.05) is 0 Å². The van der Waals surface area contributed by atoms with Crippen LogP contribution in [0.5, 0.6) is 0 Å². The van der Waals surface area contributed by atoms with Crippen molar-refractivity contribution in [2.75, 3.05) is 12.8 Å². The van der Waals surface area contributed by atoms with Crippen LogP contribution in [-0.4, -0.2) is 22.9 Å². The summed E-state index contributed by atoms with van der Waals surface area (Å²) < 4.78 is 43.9. The van der Waals surface area contributed by atoms with Crippen LogP contribution in [0.25, 0.3) is 5.69 Å². The van der Waals surface area contributed by atoms with Crippen LogP contribution in [0.1, 0.15) is 16.1 Å². The first-order valence-corrected chi connectivity index (χ1v) is 5.45. The minimum Gasteiger partial charge on any atom is -0.465 e. The third kappa shape index (κ3) is 2.31. The topological polar surface area (TPSA) is 70.1 Å². The number of nitrogens with two attached hydrogens (primary N) is 1. The molecule has 0 aliphatic carbocycles. The number of ether oxygens (including phenoxy) is 1. The molecule has 0 atom stereocenters. The molecular weight excluding hydrogens is 275 g/mol. The number of nitrogen functional groups attached to an aromatic ring is 1. The number of hydrogen-bond acceptors (Lipinski definition) is 4. The van der Waals surface area contributed by atoms with Gasteiger partial charge in [0.1, 0.15) is 11.4 Å². The van der Waals surface area contributed by atoms with Crippen molar-refractivity contribution in [3.63, 3.8) is 0 Å². The highest BCUT2D eigenvalue weighted by Crippen LogP contribution is 2.35. The molecular formula is C12H10F3N3O2. The van der Waals surface area contributed by atoms with Gasteiger partial charge in [-0.25, -0.2) is 9.48 Å². The Hall–Kier alpha value is -2.51. The standard InChI is InChI=1S/C12H10F3N3O2/c1-20-11(19)8-9(12(13,14)15)17-18(10(8)16)7-5-3-2-4-6-7/h2-6H,16H2,1H3. The lowest BCUT2D eigenvalue weighted by atomic mass is 10.2. The molecule has 2 N–H and O–H groups in total. The summed E-state index contributed by atoms with van der Waals surface area (Å²) in [5, 5.41) is 3.39. The molecule has 0 amide bonds. The Bertz CT molecular complexity index is 635. The third-order valence-electron chi connectivity index (χ3n) is 2.58. The molecule has 0 spiro atoms. The van der Waals surface area contributed by atoms with E-state index in [-0.39, 0.29) is 0 Å². The highest BCUT2D eigenvalue weighted by molar-refractivity contribution is 5.96. The van der Waals surface area contributed by atoms with Gasteiger partial charge < -0.3 is 10.5 Å². The Morgan fingerprint density at radius 1 is 1.30 bits per heavy atom. The molecule has 0 aliphatic rings. The summed E-state index contributed by atoms with van der Waals surface area (Å²) in [7, 11) is 0.974. The number of hydrogen-bond donors (Lipinski definition) is 1. The Labute approximate surface area is 111 Å². The van der Waals surface area contributed by atoms with Crippen LogP contribution in [0.3, 0.4) is 0 Å². The van der Waals surface area contributed by atoms with Crippen molar-refractivity contribution in [2.45, 2.75) is 6.18 Å². The van der Waals surface area contributed by atoms with Crippen molar-refractivity contribution < 1.29 is 22.7 Å². The SMILES string of the molecule is COC(=O)c1c(C(F)(F)F)nn(-c2ccccc2)c1N.